The van der Waals surface area contributed by atoms with E-state index in [0.29, 0.717) is 17.8 Å². The summed E-state index contributed by atoms with van der Waals surface area (Å²) < 4.78 is 0. The van der Waals surface area contributed by atoms with Crippen LogP contribution in [0.25, 0.3) is 0 Å². The predicted molar refractivity (Wildman–Crippen MR) is 103 cm³/mol. The molecule has 1 saturated heterocycles. The molecule has 0 bridgehead atoms. The summed E-state index contributed by atoms with van der Waals surface area (Å²) in [6, 6.07) is 16.9. The van der Waals surface area contributed by atoms with Crippen LogP contribution >= 0.6 is 0 Å². The number of hydrogen-bond donors (Lipinski definition) is 2. The van der Waals surface area contributed by atoms with Crippen molar-refractivity contribution in [3.8, 4) is 0 Å². The highest BCUT2D eigenvalue weighted by Gasteiger charge is 2.19. The maximum Gasteiger partial charge on any atom is 0.319 e. The number of benzene rings is 2. The highest BCUT2D eigenvalue weighted by atomic mass is 16.2. The first-order chi connectivity index (χ1) is 12.6. The molecule has 1 aliphatic heterocycles. The Labute approximate surface area is 154 Å². The number of anilines is 1. The van der Waals surface area contributed by atoms with E-state index in [2.05, 4.69) is 29.7 Å². The molecule has 0 spiro atoms. The van der Waals surface area contributed by atoms with E-state index in [1.165, 1.54) is 5.56 Å². The summed E-state index contributed by atoms with van der Waals surface area (Å²) in [6.45, 7) is 4.25. The third-order valence-electron chi connectivity index (χ3n) is 4.70. The van der Waals surface area contributed by atoms with Crippen molar-refractivity contribution >= 4 is 17.6 Å². The average molecular weight is 351 g/mol. The van der Waals surface area contributed by atoms with E-state index in [4.69, 9.17) is 0 Å². The fourth-order valence-electron chi connectivity index (χ4n) is 3.15. The Morgan fingerprint density at radius 1 is 1.04 bits per heavy atom. The van der Waals surface area contributed by atoms with Gasteiger partial charge in [-0.05, 0) is 42.5 Å². The van der Waals surface area contributed by atoms with Gasteiger partial charge in [0, 0.05) is 30.9 Å². The molecule has 3 amide bonds. The second-order valence-electron chi connectivity index (χ2n) is 6.73. The SMILES string of the molecule is C[C@@H](CNC(=O)Nc1cccc(C(=O)N2CCCC2)c1)c1ccccc1. The molecule has 1 heterocycles. The Morgan fingerprint density at radius 2 is 1.77 bits per heavy atom. The molecule has 0 saturated carbocycles. The number of carbonyl (C=O) groups is 2. The topological polar surface area (TPSA) is 61.4 Å². The van der Waals surface area contributed by atoms with Crippen molar-refractivity contribution in [2.75, 3.05) is 25.0 Å². The normalized spacial score (nSPS) is 14.7. The van der Waals surface area contributed by atoms with E-state index in [-0.39, 0.29) is 17.9 Å². The standard InChI is InChI=1S/C21H25N3O2/c1-16(17-8-3-2-4-9-17)15-22-21(26)23-19-11-7-10-18(14-19)20(25)24-12-5-6-13-24/h2-4,7-11,14,16H,5-6,12-13,15H2,1H3,(H2,22,23,26)/t16-/m0/s1. The molecule has 0 radical (unpaired) electrons. The fraction of sp³-hybridized carbons (Fsp3) is 0.333. The van der Waals surface area contributed by atoms with E-state index in [0.717, 1.165) is 25.9 Å². The minimum absolute atomic E-state index is 0.0317. The van der Waals surface area contributed by atoms with E-state index in [1.54, 1.807) is 24.3 Å². The molecule has 0 aliphatic carbocycles. The maximum absolute atomic E-state index is 12.5. The summed E-state index contributed by atoms with van der Waals surface area (Å²) in [5.74, 6) is 0.259. The second-order valence-corrected chi connectivity index (χ2v) is 6.73. The molecule has 136 valence electrons. The predicted octanol–water partition coefficient (Wildman–Crippen LogP) is 3.85. The van der Waals surface area contributed by atoms with Crippen LogP contribution in [0.1, 0.15) is 41.6 Å². The molecule has 0 aromatic heterocycles. The molecule has 1 aliphatic rings. The Kier molecular flexibility index (Phi) is 5.89. The lowest BCUT2D eigenvalue weighted by Crippen LogP contribution is -2.32. The lowest BCUT2D eigenvalue weighted by Gasteiger charge is -2.16. The van der Waals surface area contributed by atoms with Gasteiger partial charge < -0.3 is 15.5 Å². The van der Waals surface area contributed by atoms with Gasteiger partial charge in [0.05, 0.1) is 0 Å². The molecule has 2 aromatic rings. The molecule has 26 heavy (non-hydrogen) atoms. The van der Waals surface area contributed by atoms with Crippen molar-refractivity contribution in [1.82, 2.24) is 10.2 Å². The number of rotatable bonds is 5. The second kappa shape index (κ2) is 8.52. The van der Waals surface area contributed by atoms with Gasteiger partial charge in [-0.25, -0.2) is 4.79 Å². The van der Waals surface area contributed by atoms with Crippen LogP contribution in [0, 0.1) is 0 Å². The molecule has 2 N–H and O–H groups in total. The molecule has 1 fully saturated rings. The van der Waals surface area contributed by atoms with Crippen molar-refractivity contribution < 1.29 is 9.59 Å². The minimum Gasteiger partial charge on any atom is -0.339 e. The Balaban J connectivity index is 1.54. The van der Waals surface area contributed by atoms with Crippen LogP contribution in [0.5, 0.6) is 0 Å². The monoisotopic (exact) mass is 351 g/mol. The zero-order valence-electron chi connectivity index (χ0n) is 15.1. The number of amides is 3. The zero-order chi connectivity index (χ0) is 18.4. The smallest absolute Gasteiger partial charge is 0.319 e. The summed E-state index contributed by atoms with van der Waals surface area (Å²) in [4.78, 5) is 26.5. The van der Waals surface area contributed by atoms with Crippen LogP contribution in [-0.4, -0.2) is 36.5 Å². The molecule has 0 unspecified atom stereocenters. The van der Waals surface area contributed by atoms with Gasteiger partial charge in [0.2, 0.25) is 0 Å². The number of carbonyl (C=O) groups excluding carboxylic acids is 2. The lowest BCUT2D eigenvalue weighted by atomic mass is 10.0. The van der Waals surface area contributed by atoms with Crippen LogP contribution in [0.4, 0.5) is 10.5 Å². The molecule has 2 aromatic carbocycles. The fourth-order valence-corrected chi connectivity index (χ4v) is 3.15. The summed E-state index contributed by atoms with van der Waals surface area (Å²) in [6.07, 6.45) is 2.12. The van der Waals surface area contributed by atoms with Gasteiger partial charge >= 0.3 is 6.03 Å². The minimum atomic E-state index is -0.265. The first-order valence-corrected chi connectivity index (χ1v) is 9.12. The quantitative estimate of drug-likeness (QED) is 0.859. The number of likely N-dealkylation sites (tertiary alicyclic amines) is 1. The Bertz CT molecular complexity index is 755. The number of urea groups is 1. The summed E-state index contributed by atoms with van der Waals surface area (Å²) in [5, 5.41) is 5.70. The summed E-state index contributed by atoms with van der Waals surface area (Å²) >= 11 is 0. The average Bonchev–Trinajstić information content (AvgIpc) is 3.21. The van der Waals surface area contributed by atoms with Crippen molar-refractivity contribution in [2.24, 2.45) is 0 Å². The van der Waals surface area contributed by atoms with Gasteiger partial charge in [0.25, 0.3) is 5.91 Å². The number of nitrogens with zero attached hydrogens (tertiary/aromatic N) is 1. The number of hydrogen-bond acceptors (Lipinski definition) is 2. The van der Waals surface area contributed by atoms with E-state index in [1.807, 2.05) is 23.1 Å². The number of nitrogens with one attached hydrogen (secondary N) is 2. The summed E-state index contributed by atoms with van der Waals surface area (Å²) in [5.41, 5.74) is 2.42. The maximum atomic E-state index is 12.5. The van der Waals surface area contributed by atoms with Crippen LogP contribution in [-0.2, 0) is 0 Å². The molecule has 3 rings (SSSR count). The molecule has 1 atom stereocenters. The van der Waals surface area contributed by atoms with Crippen LogP contribution in [0.3, 0.4) is 0 Å². The first kappa shape index (κ1) is 18.0. The van der Waals surface area contributed by atoms with Crippen molar-refractivity contribution in [1.29, 1.82) is 0 Å². The Morgan fingerprint density at radius 3 is 2.50 bits per heavy atom. The molecule has 5 heteroatoms. The van der Waals surface area contributed by atoms with Gasteiger partial charge in [-0.2, -0.15) is 0 Å². The lowest BCUT2D eigenvalue weighted by molar-refractivity contribution is 0.0793. The van der Waals surface area contributed by atoms with Crippen LogP contribution in [0.15, 0.2) is 54.6 Å². The highest BCUT2D eigenvalue weighted by Crippen LogP contribution is 2.17. The first-order valence-electron chi connectivity index (χ1n) is 9.12. The zero-order valence-corrected chi connectivity index (χ0v) is 15.1. The third-order valence-corrected chi connectivity index (χ3v) is 4.70. The van der Waals surface area contributed by atoms with Crippen LogP contribution in [0.2, 0.25) is 0 Å². The van der Waals surface area contributed by atoms with E-state index in [9.17, 15) is 9.59 Å². The highest BCUT2D eigenvalue weighted by molar-refractivity contribution is 5.97. The molecule has 5 nitrogen and oxygen atoms in total. The van der Waals surface area contributed by atoms with E-state index < -0.39 is 0 Å². The molecular formula is C21H25N3O2. The Hall–Kier alpha value is -2.82. The van der Waals surface area contributed by atoms with Crippen LogP contribution < -0.4 is 10.6 Å². The van der Waals surface area contributed by atoms with E-state index >= 15 is 0 Å². The van der Waals surface area contributed by atoms with Crippen molar-refractivity contribution in [3.05, 3.63) is 65.7 Å². The third kappa shape index (κ3) is 4.63. The van der Waals surface area contributed by atoms with Crippen molar-refractivity contribution in [2.45, 2.75) is 25.7 Å². The summed E-state index contributed by atoms with van der Waals surface area (Å²) in [7, 11) is 0. The van der Waals surface area contributed by atoms with Gasteiger partial charge in [0.1, 0.15) is 0 Å². The van der Waals surface area contributed by atoms with Gasteiger partial charge in [-0.3, -0.25) is 4.79 Å². The largest absolute Gasteiger partial charge is 0.339 e. The van der Waals surface area contributed by atoms with Gasteiger partial charge in [-0.15, -0.1) is 0 Å². The van der Waals surface area contributed by atoms with Crippen molar-refractivity contribution in [3.63, 3.8) is 0 Å². The van der Waals surface area contributed by atoms with Gasteiger partial charge in [-0.1, -0.05) is 43.3 Å². The van der Waals surface area contributed by atoms with Gasteiger partial charge in [0.15, 0.2) is 0 Å². The molecular weight excluding hydrogens is 326 g/mol.